The zero-order valence-electron chi connectivity index (χ0n) is 11.1. The lowest BCUT2D eigenvalue weighted by atomic mass is 9.99. The van der Waals surface area contributed by atoms with Gasteiger partial charge in [0.15, 0.2) is 0 Å². The van der Waals surface area contributed by atoms with Crippen molar-refractivity contribution in [2.24, 2.45) is 5.92 Å². The third kappa shape index (κ3) is 3.74. The molecule has 1 rings (SSSR count). The Morgan fingerprint density at radius 2 is 2.11 bits per heavy atom. The smallest absolute Gasteiger partial charge is 0.323 e. The van der Waals surface area contributed by atoms with Crippen LogP contribution >= 0.6 is 0 Å². The van der Waals surface area contributed by atoms with Crippen LogP contribution in [0, 0.1) is 5.92 Å². The van der Waals surface area contributed by atoms with E-state index in [1.807, 2.05) is 26.0 Å². The van der Waals surface area contributed by atoms with Crippen molar-refractivity contribution in [1.29, 1.82) is 0 Å². The quantitative estimate of drug-likeness (QED) is 0.760. The molecule has 1 aromatic carbocycles. The summed E-state index contributed by atoms with van der Waals surface area (Å²) in [7, 11) is 1.39. The lowest BCUT2D eigenvalue weighted by Crippen LogP contribution is -2.42. The molecule has 0 fully saturated rings. The van der Waals surface area contributed by atoms with Crippen LogP contribution in [0.15, 0.2) is 24.3 Å². The maximum atomic E-state index is 11.7. The summed E-state index contributed by atoms with van der Waals surface area (Å²) < 4.78 is 4.79. The van der Waals surface area contributed by atoms with E-state index in [0.29, 0.717) is 6.54 Å². The van der Waals surface area contributed by atoms with Crippen molar-refractivity contribution >= 4 is 5.97 Å². The second kappa shape index (κ2) is 7.01. The predicted octanol–water partition coefficient (Wildman–Crippen LogP) is 2.07. The molecule has 1 aromatic rings. The van der Waals surface area contributed by atoms with E-state index in [0.717, 1.165) is 12.0 Å². The molecule has 0 spiro atoms. The number of carbonyl (C=O) groups excluding carboxylic acids is 1. The molecule has 0 aliphatic rings. The molecule has 4 heteroatoms. The van der Waals surface area contributed by atoms with Gasteiger partial charge in [0.2, 0.25) is 0 Å². The minimum absolute atomic E-state index is 0.184. The molecule has 0 aliphatic carbocycles. The second-order valence-electron chi connectivity index (χ2n) is 4.40. The summed E-state index contributed by atoms with van der Waals surface area (Å²) in [5, 5.41) is 12.8. The number of aromatic hydroxyl groups is 1. The van der Waals surface area contributed by atoms with E-state index in [1.54, 1.807) is 12.1 Å². The predicted molar refractivity (Wildman–Crippen MR) is 70.2 cm³/mol. The van der Waals surface area contributed by atoms with Crippen molar-refractivity contribution in [2.75, 3.05) is 7.11 Å². The SMILES string of the molecule is CCC(C)[C@H](NCc1ccccc1O)C(=O)OC. The highest BCUT2D eigenvalue weighted by Crippen LogP contribution is 2.16. The number of esters is 1. The van der Waals surface area contributed by atoms with E-state index < -0.39 is 0 Å². The summed E-state index contributed by atoms with van der Waals surface area (Å²) in [5.41, 5.74) is 0.773. The van der Waals surface area contributed by atoms with Crippen LogP contribution in [0.5, 0.6) is 5.75 Å². The number of methoxy groups -OCH3 is 1. The van der Waals surface area contributed by atoms with E-state index >= 15 is 0 Å². The molecule has 2 atom stereocenters. The summed E-state index contributed by atoms with van der Waals surface area (Å²) in [4.78, 5) is 11.7. The molecular weight excluding hydrogens is 230 g/mol. The Labute approximate surface area is 108 Å². The Morgan fingerprint density at radius 3 is 2.67 bits per heavy atom. The molecule has 2 N–H and O–H groups in total. The standard InChI is InChI=1S/C14H21NO3/c1-4-10(2)13(14(17)18-3)15-9-11-7-5-6-8-12(11)16/h5-8,10,13,15-16H,4,9H2,1-3H3/t10?,13-/m0/s1. The van der Waals surface area contributed by atoms with Crippen LogP contribution in [-0.4, -0.2) is 24.2 Å². The van der Waals surface area contributed by atoms with E-state index in [-0.39, 0.29) is 23.7 Å². The molecule has 4 nitrogen and oxygen atoms in total. The van der Waals surface area contributed by atoms with E-state index in [2.05, 4.69) is 5.32 Å². The molecule has 0 amide bonds. The monoisotopic (exact) mass is 251 g/mol. The fourth-order valence-corrected chi connectivity index (χ4v) is 1.76. The van der Waals surface area contributed by atoms with Gasteiger partial charge in [0.25, 0.3) is 0 Å². The number of hydrogen-bond acceptors (Lipinski definition) is 4. The molecule has 0 saturated heterocycles. The van der Waals surface area contributed by atoms with Gasteiger partial charge in [-0.3, -0.25) is 10.1 Å². The number of rotatable bonds is 6. The Balaban J connectivity index is 2.68. The van der Waals surface area contributed by atoms with Crippen LogP contribution in [-0.2, 0) is 16.1 Å². The number of carbonyl (C=O) groups is 1. The molecule has 0 radical (unpaired) electrons. The zero-order valence-corrected chi connectivity index (χ0v) is 11.1. The molecular formula is C14H21NO3. The Bertz CT molecular complexity index is 392. The van der Waals surface area contributed by atoms with E-state index in [1.165, 1.54) is 7.11 Å². The van der Waals surface area contributed by atoms with Crippen molar-refractivity contribution in [3.05, 3.63) is 29.8 Å². The van der Waals surface area contributed by atoms with Crippen molar-refractivity contribution in [3.8, 4) is 5.75 Å². The van der Waals surface area contributed by atoms with Gasteiger partial charge in [-0.15, -0.1) is 0 Å². The summed E-state index contributed by atoms with van der Waals surface area (Å²) >= 11 is 0. The van der Waals surface area contributed by atoms with Gasteiger partial charge in [0, 0.05) is 12.1 Å². The van der Waals surface area contributed by atoms with Gasteiger partial charge in [-0.1, -0.05) is 38.5 Å². The molecule has 0 bridgehead atoms. The highest BCUT2D eigenvalue weighted by Gasteiger charge is 2.24. The largest absolute Gasteiger partial charge is 0.508 e. The third-order valence-electron chi connectivity index (χ3n) is 3.17. The van der Waals surface area contributed by atoms with Crippen LogP contribution in [0.4, 0.5) is 0 Å². The highest BCUT2D eigenvalue weighted by atomic mass is 16.5. The number of phenols is 1. The Morgan fingerprint density at radius 1 is 1.44 bits per heavy atom. The van der Waals surface area contributed by atoms with E-state index in [4.69, 9.17) is 4.74 Å². The van der Waals surface area contributed by atoms with E-state index in [9.17, 15) is 9.90 Å². The summed E-state index contributed by atoms with van der Waals surface area (Å²) in [6.45, 7) is 4.47. The lowest BCUT2D eigenvalue weighted by Gasteiger charge is -2.22. The number of phenolic OH excluding ortho intramolecular Hbond substituents is 1. The number of nitrogens with one attached hydrogen (secondary N) is 1. The average Bonchev–Trinajstić information content (AvgIpc) is 2.40. The highest BCUT2D eigenvalue weighted by molar-refractivity contribution is 5.76. The fraction of sp³-hybridized carbons (Fsp3) is 0.500. The van der Waals surface area contributed by atoms with Gasteiger partial charge in [-0.25, -0.2) is 0 Å². The fourth-order valence-electron chi connectivity index (χ4n) is 1.76. The van der Waals surface area contributed by atoms with Crippen LogP contribution < -0.4 is 5.32 Å². The van der Waals surface area contributed by atoms with Gasteiger partial charge < -0.3 is 9.84 Å². The maximum Gasteiger partial charge on any atom is 0.323 e. The van der Waals surface area contributed by atoms with Crippen molar-refractivity contribution in [1.82, 2.24) is 5.32 Å². The Kier molecular flexibility index (Phi) is 5.65. The number of para-hydroxylation sites is 1. The van der Waals surface area contributed by atoms with Crippen LogP contribution in [0.2, 0.25) is 0 Å². The topological polar surface area (TPSA) is 58.6 Å². The lowest BCUT2D eigenvalue weighted by molar-refractivity contribution is -0.144. The van der Waals surface area contributed by atoms with Gasteiger partial charge in [0.05, 0.1) is 7.11 Å². The molecule has 0 aliphatic heterocycles. The van der Waals surface area contributed by atoms with Crippen molar-refractivity contribution in [3.63, 3.8) is 0 Å². The van der Waals surface area contributed by atoms with Crippen molar-refractivity contribution < 1.29 is 14.6 Å². The molecule has 100 valence electrons. The van der Waals surface area contributed by atoms with Gasteiger partial charge in [-0.2, -0.15) is 0 Å². The molecule has 0 heterocycles. The first-order chi connectivity index (χ1) is 8.60. The minimum Gasteiger partial charge on any atom is -0.508 e. The number of ether oxygens (including phenoxy) is 1. The van der Waals surface area contributed by atoms with Gasteiger partial charge in [0.1, 0.15) is 11.8 Å². The van der Waals surface area contributed by atoms with Gasteiger partial charge in [-0.05, 0) is 12.0 Å². The van der Waals surface area contributed by atoms with Gasteiger partial charge >= 0.3 is 5.97 Å². The number of hydrogen-bond donors (Lipinski definition) is 2. The first kappa shape index (κ1) is 14.5. The van der Waals surface area contributed by atoms with Crippen LogP contribution in [0.25, 0.3) is 0 Å². The zero-order chi connectivity index (χ0) is 13.5. The average molecular weight is 251 g/mol. The normalized spacial score (nSPS) is 13.9. The van der Waals surface area contributed by atoms with Crippen LogP contribution in [0.1, 0.15) is 25.8 Å². The van der Waals surface area contributed by atoms with Crippen molar-refractivity contribution in [2.45, 2.75) is 32.9 Å². The summed E-state index contributed by atoms with van der Waals surface area (Å²) in [6.07, 6.45) is 0.882. The molecule has 18 heavy (non-hydrogen) atoms. The van der Waals surface area contributed by atoms with Crippen LogP contribution in [0.3, 0.4) is 0 Å². The third-order valence-corrected chi connectivity index (χ3v) is 3.17. The first-order valence-corrected chi connectivity index (χ1v) is 6.18. The molecule has 1 unspecified atom stereocenters. The minimum atomic E-state index is -0.348. The molecule has 0 saturated carbocycles. The second-order valence-corrected chi connectivity index (χ2v) is 4.40. The molecule has 0 aromatic heterocycles. The maximum absolute atomic E-state index is 11.7. The number of benzene rings is 1. The summed E-state index contributed by atoms with van der Waals surface area (Å²) in [5.74, 6) is 0.154. The first-order valence-electron chi connectivity index (χ1n) is 6.18. The Hall–Kier alpha value is -1.55. The summed E-state index contributed by atoms with van der Waals surface area (Å²) in [6, 6.07) is 6.73.